The molecule has 3 aromatic rings. The van der Waals surface area contributed by atoms with E-state index >= 15 is 0 Å². The Morgan fingerprint density at radius 1 is 1.03 bits per heavy atom. The van der Waals surface area contributed by atoms with Gasteiger partial charge in [0, 0.05) is 45.1 Å². The maximum atomic E-state index is 13.2. The van der Waals surface area contributed by atoms with Crippen molar-refractivity contribution in [1.82, 2.24) is 34.1 Å². The summed E-state index contributed by atoms with van der Waals surface area (Å²) in [6, 6.07) is 5.56. The molecule has 1 aliphatic rings. The van der Waals surface area contributed by atoms with Crippen LogP contribution in [0.2, 0.25) is 0 Å². The third-order valence-electron chi connectivity index (χ3n) is 5.15. The van der Waals surface area contributed by atoms with Gasteiger partial charge in [0.05, 0.1) is 11.4 Å². The van der Waals surface area contributed by atoms with Gasteiger partial charge in [0.1, 0.15) is 4.90 Å². The largest absolute Gasteiger partial charge is 0.352 e. The molecule has 0 unspecified atom stereocenters. The Hall–Kier alpha value is -2.79. The molecule has 11 heteroatoms. The molecule has 1 fully saturated rings. The van der Waals surface area contributed by atoms with Gasteiger partial charge >= 0.3 is 0 Å². The van der Waals surface area contributed by atoms with E-state index in [9.17, 15) is 8.42 Å². The van der Waals surface area contributed by atoms with E-state index < -0.39 is 10.0 Å². The number of piperazine rings is 1. The molecule has 0 radical (unpaired) electrons. The van der Waals surface area contributed by atoms with Gasteiger partial charge in [-0.25, -0.2) is 13.1 Å². The first kappa shape index (κ1) is 19.5. The van der Waals surface area contributed by atoms with Gasteiger partial charge in [0.15, 0.2) is 11.6 Å². The number of aromatic nitrogens is 6. The highest BCUT2D eigenvalue weighted by atomic mass is 32.2. The lowest BCUT2D eigenvalue weighted by molar-refractivity contribution is 0.383. The smallest absolute Gasteiger partial charge is 0.246 e. The molecule has 4 heterocycles. The SMILES string of the molecule is CCn1nc(C)c(S(=O)(=O)N2CCN(c3ccc(-n4cccn4)nn3)CC2)c1C. The maximum absolute atomic E-state index is 13.2. The van der Waals surface area contributed by atoms with Gasteiger partial charge in [-0.1, -0.05) is 0 Å². The summed E-state index contributed by atoms with van der Waals surface area (Å²) in [6.07, 6.45) is 3.49. The van der Waals surface area contributed by atoms with E-state index in [1.165, 1.54) is 4.31 Å². The number of rotatable bonds is 5. The van der Waals surface area contributed by atoms with Crippen LogP contribution < -0.4 is 4.90 Å². The van der Waals surface area contributed by atoms with Crippen LogP contribution in [0.1, 0.15) is 18.3 Å². The summed E-state index contributed by atoms with van der Waals surface area (Å²) in [5.41, 5.74) is 1.24. The predicted octanol–water partition coefficient (Wildman–Crippen LogP) is 1.01. The first-order chi connectivity index (χ1) is 13.9. The van der Waals surface area contributed by atoms with E-state index in [1.54, 1.807) is 28.7 Å². The quantitative estimate of drug-likeness (QED) is 0.611. The molecule has 1 saturated heterocycles. The zero-order chi connectivity index (χ0) is 20.6. The minimum Gasteiger partial charge on any atom is -0.352 e. The minimum atomic E-state index is -3.58. The van der Waals surface area contributed by atoms with Gasteiger partial charge in [0.2, 0.25) is 10.0 Å². The van der Waals surface area contributed by atoms with Crippen LogP contribution in [0.4, 0.5) is 5.82 Å². The molecule has 29 heavy (non-hydrogen) atoms. The fourth-order valence-corrected chi connectivity index (χ4v) is 5.46. The Labute approximate surface area is 169 Å². The number of anilines is 1. The van der Waals surface area contributed by atoms with Gasteiger partial charge in [-0.15, -0.1) is 10.2 Å². The van der Waals surface area contributed by atoms with Crippen LogP contribution in [0.5, 0.6) is 0 Å². The number of sulfonamides is 1. The van der Waals surface area contributed by atoms with Crippen LogP contribution in [0.3, 0.4) is 0 Å². The zero-order valence-electron chi connectivity index (χ0n) is 16.7. The van der Waals surface area contributed by atoms with Crippen molar-refractivity contribution >= 4 is 15.8 Å². The average Bonchev–Trinajstić information content (AvgIpc) is 3.36. The molecule has 10 nitrogen and oxygen atoms in total. The molecule has 0 atom stereocenters. The Morgan fingerprint density at radius 3 is 2.28 bits per heavy atom. The summed E-state index contributed by atoms with van der Waals surface area (Å²) >= 11 is 0. The van der Waals surface area contributed by atoms with Gasteiger partial charge in [0.25, 0.3) is 0 Å². The molecule has 0 aliphatic carbocycles. The topological polar surface area (TPSA) is 102 Å². The van der Waals surface area contributed by atoms with Crippen molar-refractivity contribution in [3.05, 3.63) is 42.0 Å². The summed E-state index contributed by atoms with van der Waals surface area (Å²) < 4.78 is 31.3. The molecule has 3 aromatic heterocycles. The summed E-state index contributed by atoms with van der Waals surface area (Å²) in [5, 5.41) is 17.0. The van der Waals surface area contributed by atoms with Crippen LogP contribution in [-0.4, -0.2) is 68.7 Å². The molecule has 4 rings (SSSR count). The Kier molecular flexibility index (Phi) is 5.09. The molecule has 0 amide bonds. The molecular weight excluding hydrogens is 392 g/mol. The molecule has 0 bridgehead atoms. The third kappa shape index (κ3) is 3.51. The number of hydrogen-bond acceptors (Lipinski definition) is 7. The second-order valence-corrected chi connectivity index (χ2v) is 8.78. The fraction of sp³-hybridized carbons (Fsp3) is 0.444. The summed E-state index contributed by atoms with van der Waals surface area (Å²) in [7, 11) is -3.58. The second kappa shape index (κ2) is 7.56. The predicted molar refractivity (Wildman–Crippen MR) is 108 cm³/mol. The monoisotopic (exact) mass is 416 g/mol. The van der Waals surface area contributed by atoms with Crippen molar-refractivity contribution < 1.29 is 8.42 Å². The van der Waals surface area contributed by atoms with E-state index in [4.69, 9.17) is 0 Å². The number of nitrogens with zero attached hydrogens (tertiary/aromatic N) is 8. The molecule has 0 spiro atoms. The summed E-state index contributed by atoms with van der Waals surface area (Å²) in [5.74, 6) is 1.36. The van der Waals surface area contributed by atoms with Crippen LogP contribution in [0.25, 0.3) is 5.82 Å². The highest BCUT2D eigenvalue weighted by Gasteiger charge is 2.33. The highest BCUT2D eigenvalue weighted by molar-refractivity contribution is 7.89. The molecular formula is C18H24N8O2S. The first-order valence-corrected chi connectivity index (χ1v) is 11.0. The van der Waals surface area contributed by atoms with Crippen molar-refractivity contribution in [3.8, 4) is 5.82 Å². The molecule has 154 valence electrons. The van der Waals surface area contributed by atoms with Crippen molar-refractivity contribution in [2.75, 3.05) is 31.1 Å². The van der Waals surface area contributed by atoms with Crippen molar-refractivity contribution in [2.24, 2.45) is 0 Å². The lowest BCUT2D eigenvalue weighted by Gasteiger charge is -2.34. The van der Waals surface area contributed by atoms with Crippen molar-refractivity contribution in [2.45, 2.75) is 32.2 Å². The van der Waals surface area contributed by atoms with Gasteiger partial charge < -0.3 is 4.90 Å². The van der Waals surface area contributed by atoms with Crippen molar-refractivity contribution in [3.63, 3.8) is 0 Å². The van der Waals surface area contributed by atoms with E-state index in [1.807, 2.05) is 36.9 Å². The summed E-state index contributed by atoms with van der Waals surface area (Å²) in [6.45, 7) is 8.03. The number of aryl methyl sites for hydroxylation is 2. The first-order valence-electron chi connectivity index (χ1n) is 9.54. The van der Waals surface area contributed by atoms with Crippen LogP contribution in [-0.2, 0) is 16.6 Å². The molecule has 0 N–H and O–H groups in total. The Bertz CT molecular complexity index is 1080. The third-order valence-corrected chi connectivity index (χ3v) is 7.30. The second-order valence-electron chi connectivity index (χ2n) is 6.91. The minimum absolute atomic E-state index is 0.330. The van der Waals surface area contributed by atoms with E-state index in [0.29, 0.717) is 54.8 Å². The molecule has 1 aliphatic heterocycles. The highest BCUT2D eigenvalue weighted by Crippen LogP contribution is 2.25. The van der Waals surface area contributed by atoms with E-state index in [0.717, 1.165) is 5.82 Å². The number of hydrogen-bond donors (Lipinski definition) is 0. The van der Waals surface area contributed by atoms with E-state index in [2.05, 4.69) is 20.4 Å². The molecule has 0 saturated carbocycles. The van der Waals surface area contributed by atoms with E-state index in [-0.39, 0.29) is 0 Å². The zero-order valence-corrected chi connectivity index (χ0v) is 17.5. The maximum Gasteiger partial charge on any atom is 0.246 e. The van der Waals surface area contributed by atoms with Gasteiger partial charge in [-0.2, -0.15) is 14.5 Å². The van der Waals surface area contributed by atoms with Crippen LogP contribution in [0, 0.1) is 13.8 Å². The lowest BCUT2D eigenvalue weighted by atomic mass is 10.3. The standard InChI is InChI=1S/C18H24N8O2S/c1-4-25-15(3)18(14(2)22-25)29(27,28)24-12-10-23(11-13-24)16-6-7-17(21-20-16)26-9-5-8-19-26/h5-9H,4,10-13H2,1-3H3. The Balaban J connectivity index is 1.47. The summed E-state index contributed by atoms with van der Waals surface area (Å²) in [4.78, 5) is 2.37. The van der Waals surface area contributed by atoms with Gasteiger partial charge in [-0.3, -0.25) is 4.68 Å². The fourth-order valence-electron chi connectivity index (χ4n) is 3.66. The lowest BCUT2D eigenvalue weighted by Crippen LogP contribution is -2.49. The van der Waals surface area contributed by atoms with Crippen LogP contribution in [0.15, 0.2) is 35.5 Å². The van der Waals surface area contributed by atoms with Crippen LogP contribution >= 0.6 is 0 Å². The molecule has 0 aromatic carbocycles. The van der Waals surface area contributed by atoms with Crippen molar-refractivity contribution in [1.29, 1.82) is 0 Å². The Morgan fingerprint density at radius 2 is 1.72 bits per heavy atom. The normalized spacial score (nSPS) is 15.8. The van der Waals surface area contributed by atoms with Gasteiger partial charge in [-0.05, 0) is 39.0 Å². The average molecular weight is 417 g/mol.